The molecule has 42 heavy (non-hydrogen) atoms. The first-order valence-electron chi connectivity index (χ1n) is 13.8. The SMILES string of the molecule is CCN(CC)c1ccc2cc(/C=C(\C#N)S(=O)(=O)NCc3cn(C[C@H]4O[C@H](OC)C(C)(C)[C@@H](O)[C@@H]4O)nn3)ccc2c1. The summed E-state index contributed by atoms with van der Waals surface area (Å²) >= 11 is 0. The number of sulfonamides is 1. The molecule has 1 aromatic heterocycles. The van der Waals surface area contributed by atoms with Gasteiger partial charge in [-0.25, -0.2) is 17.8 Å². The van der Waals surface area contributed by atoms with Crippen LogP contribution in [0.2, 0.25) is 0 Å². The fourth-order valence-corrected chi connectivity index (χ4v) is 6.00. The number of fused-ring (bicyclic) bond motifs is 1. The van der Waals surface area contributed by atoms with Crippen molar-refractivity contribution in [2.75, 3.05) is 25.1 Å². The molecule has 2 aromatic carbocycles. The quantitative estimate of drug-likeness (QED) is 0.279. The number of hydrogen-bond donors (Lipinski definition) is 3. The van der Waals surface area contributed by atoms with Crippen molar-refractivity contribution < 1.29 is 28.1 Å². The fraction of sp³-hybridized carbons (Fsp3) is 0.483. The molecule has 0 bridgehead atoms. The third-order valence-corrected chi connectivity index (χ3v) is 8.97. The van der Waals surface area contributed by atoms with Crippen molar-refractivity contribution in [3.63, 3.8) is 0 Å². The second-order valence-corrected chi connectivity index (χ2v) is 12.6. The molecule has 3 aromatic rings. The highest BCUT2D eigenvalue weighted by molar-refractivity contribution is 7.93. The van der Waals surface area contributed by atoms with Crippen LogP contribution in [0.5, 0.6) is 0 Å². The summed E-state index contributed by atoms with van der Waals surface area (Å²) < 4.78 is 40.9. The van der Waals surface area contributed by atoms with Crippen LogP contribution in [0.4, 0.5) is 5.69 Å². The summed E-state index contributed by atoms with van der Waals surface area (Å²) in [6, 6.07) is 13.4. The topological polar surface area (TPSA) is 163 Å². The third kappa shape index (κ3) is 6.64. The Labute approximate surface area is 246 Å². The van der Waals surface area contributed by atoms with E-state index in [0.717, 1.165) is 29.5 Å². The molecule has 0 unspecified atom stereocenters. The average Bonchev–Trinajstić information content (AvgIpc) is 3.43. The van der Waals surface area contributed by atoms with Crippen LogP contribution in [0.25, 0.3) is 16.8 Å². The molecule has 4 rings (SSSR count). The molecular formula is C29H38N6O6S. The number of aromatic nitrogens is 3. The van der Waals surface area contributed by atoms with Crippen LogP contribution < -0.4 is 9.62 Å². The lowest BCUT2D eigenvalue weighted by Crippen LogP contribution is -2.60. The second-order valence-electron chi connectivity index (χ2n) is 10.8. The van der Waals surface area contributed by atoms with E-state index < -0.39 is 44.9 Å². The molecule has 3 N–H and O–H groups in total. The first-order valence-corrected chi connectivity index (χ1v) is 15.2. The van der Waals surface area contributed by atoms with Gasteiger partial charge in [-0.2, -0.15) is 5.26 Å². The summed E-state index contributed by atoms with van der Waals surface area (Å²) in [7, 11) is -2.69. The van der Waals surface area contributed by atoms with Crippen molar-refractivity contribution >= 4 is 32.6 Å². The first-order chi connectivity index (χ1) is 19.9. The molecule has 0 aliphatic carbocycles. The molecule has 0 amide bonds. The molecule has 1 saturated heterocycles. The highest BCUT2D eigenvalue weighted by atomic mass is 32.2. The van der Waals surface area contributed by atoms with Crippen LogP contribution in [-0.4, -0.2) is 78.4 Å². The van der Waals surface area contributed by atoms with Crippen molar-refractivity contribution in [2.45, 2.75) is 65.4 Å². The van der Waals surface area contributed by atoms with Crippen LogP contribution in [0, 0.1) is 16.7 Å². The van der Waals surface area contributed by atoms with E-state index in [4.69, 9.17) is 9.47 Å². The normalized spacial score (nSPS) is 22.7. The predicted molar refractivity (Wildman–Crippen MR) is 158 cm³/mol. The Bertz CT molecular complexity index is 1570. The number of benzene rings is 2. The summed E-state index contributed by atoms with van der Waals surface area (Å²) in [5.74, 6) is 0. The number of methoxy groups -OCH3 is 1. The molecule has 226 valence electrons. The maximum atomic E-state index is 13.0. The maximum absolute atomic E-state index is 13.0. The summed E-state index contributed by atoms with van der Waals surface area (Å²) in [6.45, 7) is 9.30. The zero-order chi connectivity index (χ0) is 30.7. The van der Waals surface area contributed by atoms with Crippen molar-refractivity contribution in [3.8, 4) is 6.07 Å². The van der Waals surface area contributed by atoms with E-state index in [-0.39, 0.29) is 13.1 Å². The van der Waals surface area contributed by atoms with Gasteiger partial charge in [-0.1, -0.05) is 37.3 Å². The van der Waals surface area contributed by atoms with Crippen molar-refractivity contribution in [3.05, 3.63) is 58.8 Å². The summed E-state index contributed by atoms with van der Waals surface area (Å²) in [4.78, 5) is 1.81. The Hall–Kier alpha value is -3.38. The Morgan fingerprint density at radius 1 is 1.21 bits per heavy atom. The van der Waals surface area contributed by atoms with Crippen LogP contribution >= 0.6 is 0 Å². The Morgan fingerprint density at radius 3 is 2.57 bits per heavy atom. The number of ether oxygens (including phenoxy) is 2. The number of nitrogens with one attached hydrogen (secondary N) is 1. The van der Waals surface area contributed by atoms with E-state index >= 15 is 0 Å². The minimum absolute atomic E-state index is 0.0512. The Balaban J connectivity index is 1.43. The van der Waals surface area contributed by atoms with E-state index in [0.29, 0.717) is 11.3 Å². The smallest absolute Gasteiger partial charge is 0.251 e. The van der Waals surface area contributed by atoms with Crippen LogP contribution in [0.15, 0.2) is 47.5 Å². The molecule has 0 saturated carbocycles. The second kappa shape index (κ2) is 12.9. The number of anilines is 1. The zero-order valence-corrected chi connectivity index (χ0v) is 25.2. The van der Waals surface area contributed by atoms with E-state index in [1.54, 1.807) is 26.0 Å². The summed E-state index contributed by atoms with van der Waals surface area (Å²) in [6.07, 6.45) is -1.04. The van der Waals surface area contributed by atoms with Crippen molar-refractivity contribution in [1.29, 1.82) is 5.26 Å². The van der Waals surface area contributed by atoms with Crippen molar-refractivity contribution in [2.24, 2.45) is 5.41 Å². The first kappa shape index (κ1) is 31.6. The van der Waals surface area contributed by atoms with Gasteiger partial charge in [-0.3, -0.25) is 0 Å². The van der Waals surface area contributed by atoms with Gasteiger partial charge in [0.2, 0.25) is 0 Å². The highest BCUT2D eigenvalue weighted by Gasteiger charge is 2.50. The number of aliphatic hydroxyl groups excluding tert-OH is 2. The van der Waals surface area contributed by atoms with E-state index in [1.165, 1.54) is 24.1 Å². The lowest BCUT2D eigenvalue weighted by molar-refractivity contribution is -0.303. The van der Waals surface area contributed by atoms with Gasteiger partial charge in [-0.15, -0.1) is 5.10 Å². The van der Waals surface area contributed by atoms with Gasteiger partial charge in [0.1, 0.15) is 18.3 Å². The summed E-state index contributed by atoms with van der Waals surface area (Å²) in [5.41, 5.74) is 1.15. The molecule has 2 heterocycles. The lowest BCUT2D eigenvalue weighted by Gasteiger charge is -2.47. The van der Waals surface area contributed by atoms with Gasteiger partial charge in [0.25, 0.3) is 10.0 Å². The monoisotopic (exact) mass is 598 g/mol. The zero-order valence-electron chi connectivity index (χ0n) is 24.4. The van der Waals surface area contributed by atoms with Crippen LogP contribution in [-0.2, 0) is 32.6 Å². The lowest BCUT2D eigenvalue weighted by atomic mass is 9.79. The third-order valence-electron chi connectivity index (χ3n) is 7.66. The molecule has 4 atom stereocenters. The van der Waals surface area contributed by atoms with Crippen LogP contribution in [0.3, 0.4) is 0 Å². The van der Waals surface area contributed by atoms with Gasteiger partial charge in [-0.05, 0) is 54.5 Å². The molecule has 1 aliphatic heterocycles. The fourth-order valence-electron chi connectivity index (χ4n) is 5.10. The Kier molecular flexibility index (Phi) is 9.67. The van der Waals surface area contributed by atoms with E-state index in [2.05, 4.69) is 39.8 Å². The number of allylic oxidation sites excluding steroid dienone is 1. The number of nitrogens with zero attached hydrogens (tertiary/aromatic N) is 5. The standard InChI is InChI=1S/C29H38N6O6S/c1-6-34(7-2)23-11-10-20-12-19(8-9-21(20)14-23)13-24(15-30)42(38,39)31-16-22-17-35(33-32-22)18-25-26(36)27(37)29(3,4)28(40-5)41-25/h8-14,17,25-28,31,36-37H,6-7,16,18H2,1-5H3/b24-13+/t25-,26-,27+,28+/m1/s1. The number of rotatable bonds is 11. The molecule has 13 heteroatoms. The van der Waals surface area contributed by atoms with Gasteiger partial charge in [0.05, 0.1) is 24.9 Å². The minimum atomic E-state index is -4.15. The van der Waals surface area contributed by atoms with Gasteiger partial charge in [0, 0.05) is 37.5 Å². The largest absolute Gasteiger partial charge is 0.390 e. The number of hydrogen-bond acceptors (Lipinski definition) is 10. The van der Waals surface area contributed by atoms with E-state index in [9.17, 15) is 23.9 Å². The van der Waals surface area contributed by atoms with Crippen LogP contribution in [0.1, 0.15) is 39.0 Å². The van der Waals surface area contributed by atoms with Gasteiger partial charge in [0.15, 0.2) is 11.2 Å². The molecule has 12 nitrogen and oxygen atoms in total. The molecule has 0 radical (unpaired) electrons. The van der Waals surface area contributed by atoms with E-state index in [1.807, 2.05) is 24.3 Å². The van der Waals surface area contributed by atoms with Gasteiger partial charge >= 0.3 is 0 Å². The predicted octanol–water partition coefficient (Wildman–Crippen LogP) is 2.38. The minimum Gasteiger partial charge on any atom is -0.390 e. The highest BCUT2D eigenvalue weighted by Crippen LogP contribution is 2.37. The summed E-state index contributed by atoms with van der Waals surface area (Å²) in [5, 5.41) is 40.7. The van der Waals surface area contributed by atoms with Gasteiger partial charge < -0.3 is 24.6 Å². The molecule has 1 fully saturated rings. The number of nitriles is 1. The Morgan fingerprint density at radius 2 is 1.90 bits per heavy atom. The van der Waals surface area contributed by atoms with Crippen molar-refractivity contribution in [1.82, 2.24) is 19.7 Å². The molecular weight excluding hydrogens is 560 g/mol. The average molecular weight is 599 g/mol. The molecule has 1 aliphatic rings. The number of aliphatic hydroxyl groups is 2. The molecule has 0 spiro atoms. The maximum Gasteiger partial charge on any atom is 0.251 e.